The summed E-state index contributed by atoms with van der Waals surface area (Å²) in [5.74, 6) is -0.449. The second-order valence-electron chi connectivity index (χ2n) is 6.08. The molecule has 0 N–H and O–H groups in total. The molecule has 1 aromatic carbocycles. The molecular formula is C18H18Cl2N4O3. The molecule has 0 saturated carbocycles. The fourth-order valence-corrected chi connectivity index (χ4v) is 3.39. The van der Waals surface area contributed by atoms with Crippen LogP contribution in [0.5, 0.6) is 0 Å². The maximum Gasteiger partial charge on any atom is 0.274 e. The van der Waals surface area contributed by atoms with Crippen LogP contribution in [-0.4, -0.2) is 57.6 Å². The molecule has 1 aliphatic heterocycles. The van der Waals surface area contributed by atoms with Crippen molar-refractivity contribution in [3.05, 3.63) is 62.0 Å². The Bertz CT molecular complexity index is 936. The standard InChI is InChI=1S/C18H18Cl2N4O3/c1-2-24-16(25)6-5-15(21-24)18(27)23-9-7-22(8-10-23)17(26)13-4-3-12(19)11-14(13)20/h3-6,11H,2,7-10H2,1H3. The number of benzene rings is 1. The number of aryl methyl sites for hydroxylation is 1. The van der Waals surface area contributed by atoms with Gasteiger partial charge in [0.15, 0.2) is 0 Å². The first-order chi connectivity index (χ1) is 12.9. The lowest BCUT2D eigenvalue weighted by atomic mass is 10.1. The van der Waals surface area contributed by atoms with Crippen LogP contribution < -0.4 is 5.56 Å². The summed E-state index contributed by atoms with van der Waals surface area (Å²) in [6, 6.07) is 7.52. The van der Waals surface area contributed by atoms with Gasteiger partial charge in [-0.1, -0.05) is 23.2 Å². The molecule has 7 nitrogen and oxygen atoms in total. The minimum Gasteiger partial charge on any atom is -0.335 e. The highest BCUT2D eigenvalue weighted by molar-refractivity contribution is 6.36. The van der Waals surface area contributed by atoms with Crippen LogP contribution in [0.4, 0.5) is 0 Å². The van der Waals surface area contributed by atoms with Gasteiger partial charge in [0.1, 0.15) is 5.69 Å². The van der Waals surface area contributed by atoms with Gasteiger partial charge in [-0.15, -0.1) is 0 Å². The number of halogens is 2. The van der Waals surface area contributed by atoms with E-state index in [4.69, 9.17) is 23.2 Å². The predicted octanol–water partition coefficient (Wildman–Crippen LogP) is 2.17. The van der Waals surface area contributed by atoms with Crippen molar-refractivity contribution >= 4 is 35.0 Å². The lowest BCUT2D eigenvalue weighted by Crippen LogP contribution is -2.51. The molecule has 2 aromatic rings. The summed E-state index contributed by atoms with van der Waals surface area (Å²) in [6.07, 6.45) is 0. The Labute approximate surface area is 166 Å². The molecule has 1 saturated heterocycles. The number of hydrogen-bond donors (Lipinski definition) is 0. The molecule has 0 aliphatic carbocycles. The van der Waals surface area contributed by atoms with E-state index in [-0.39, 0.29) is 23.1 Å². The predicted molar refractivity (Wildman–Crippen MR) is 102 cm³/mol. The van der Waals surface area contributed by atoms with Crippen molar-refractivity contribution < 1.29 is 9.59 Å². The van der Waals surface area contributed by atoms with E-state index in [0.717, 1.165) is 0 Å². The molecule has 1 aliphatic rings. The van der Waals surface area contributed by atoms with Gasteiger partial charge >= 0.3 is 0 Å². The minimum absolute atomic E-state index is 0.193. The second-order valence-corrected chi connectivity index (χ2v) is 6.92. The Morgan fingerprint density at radius 3 is 2.22 bits per heavy atom. The van der Waals surface area contributed by atoms with Crippen LogP contribution >= 0.6 is 23.2 Å². The molecule has 0 spiro atoms. The highest BCUT2D eigenvalue weighted by Crippen LogP contribution is 2.23. The van der Waals surface area contributed by atoms with Gasteiger partial charge in [-0.2, -0.15) is 5.10 Å². The van der Waals surface area contributed by atoms with Gasteiger partial charge in [-0.3, -0.25) is 14.4 Å². The van der Waals surface area contributed by atoms with Crippen LogP contribution in [0.1, 0.15) is 27.8 Å². The average molecular weight is 409 g/mol. The molecule has 0 unspecified atom stereocenters. The van der Waals surface area contributed by atoms with E-state index >= 15 is 0 Å². The highest BCUT2D eigenvalue weighted by Gasteiger charge is 2.27. The largest absolute Gasteiger partial charge is 0.335 e. The first kappa shape index (κ1) is 19.4. The van der Waals surface area contributed by atoms with Crippen LogP contribution in [0.3, 0.4) is 0 Å². The van der Waals surface area contributed by atoms with E-state index in [1.807, 2.05) is 0 Å². The second kappa shape index (κ2) is 8.10. The van der Waals surface area contributed by atoms with Crippen molar-refractivity contribution in [2.45, 2.75) is 13.5 Å². The van der Waals surface area contributed by atoms with Crippen LogP contribution in [0.15, 0.2) is 35.1 Å². The molecule has 142 valence electrons. The topological polar surface area (TPSA) is 75.5 Å². The van der Waals surface area contributed by atoms with Crippen molar-refractivity contribution in [3.63, 3.8) is 0 Å². The smallest absolute Gasteiger partial charge is 0.274 e. The Balaban J connectivity index is 1.67. The minimum atomic E-state index is -0.256. The summed E-state index contributed by atoms with van der Waals surface area (Å²) in [5, 5.41) is 4.86. The maximum absolute atomic E-state index is 12.6. The first-order valence-electron chi connectivity index (χ1n) is 8.52. The molecule has 0 bridgehead atoms. The SMILES string of the molecule is CCn1nc(C(=O)N2CCN(C(=O)c3ccc(Cl)cc3Cl)CC2)ccc1=O. The molecule has 0 radical (unpaired) electrons. The van der Waals surface area contributed by atoms with Crippen LogP contribution in [0.2, 0.25) is 10.0 Å². The molecule has 1 aromatic heterocycles. The van der Waals surface area contributed by atoms with Gasteiger partial charge in [-0.25, -0.2) is 4.68 Å². The molecule has 1 fully saturated rings. The average Bonchev–Trinajstić information content (AvgIpc) is 2.67. The van der Waals surface area contributed by atoms with Crippen molar-refractivity contribution in [1.82, 2.24) is 19.6 Å². The molecule has 0 atom stereocenters. The number of carbonyl (C=O) groups is 2. The zero-order valence-electron chi connectivity index (χ0n) is 14.7. The zero-order valence-corrected chi connectivity index (χ0v) is 16.2. The summed E-state index contributed by atoms with van der Waals surface area (Å²) in [5.41, 5.74) is 0.360. The van der Waals surface area contributed by atoms with E-state index < -0.39 is 0 Å². The number of nitrogens with zero attached hydrogens (tertiary/aromatic N) is 4. The van der Waals surface area contributed by atoms with Crippen LogP contribution in [0.25, 0.3) is 0 Å². The summed E-state index contributed by atoms with van der Waals surface area (Å²) < 4.78 is 1.25. The number of hydrogen-bond acceptors (Lipinski definition) is 4. The number of rotatable bonds is 3. The number of carbonyl (C=O) groups excluding carboxylic acids is 2. The Morgan fingerprint density at radius 1 is 1.00 bits per heavy atom. The van der Waals surface area contributed by atoms with E-state index in [1.165, 1.54) is 22.9 Å². The summed E-state index contributed by atoms with van der Waals surface area (Å²) in [4.78, 5) is 40.2. The molecule has 27 heavy (non-hydrogen) atoms. The lowest BCUT2D eigenvalue weighted by Gasteiger charge is -2.34. The Morgan fingerprint density at radius 2 is 1.63 bits per heavy atom. The normalized spacial score (nSPS) is 14.3. The van der Waals surface area contributed by atoms with E-state index in [0.29, 0.717) is 48.3 Å². The van der Waals surface area contributed by atoms with Gasteiger partial charge in [0, 0.05) is 43.8 Å². The zero-order chi connectivity index (χ0) is 19.6. The van der Waals surface area contributed by atoms with Gasteiger partial charge in [0.25, 0.3) is 17.4 Å². The fraction of sp³-hybridized carbons (Fsp3) is 0.333. The van der Waals surface area contributed by atoms with Crippen molar-refractivity contribution in [3.8, 4) is 0 Å². The third kappa shape index (κ3) is 4.14. The molecular weight excluding hydrogens is 391 g/mol. The highest BCUT2D eigenvalue weighted by atomic mass is 35.5. The monoisotopic (exact) mass is 408 g/mol. The summed E-state index contributed by atoms with van der Waals surface area (Å²) in [6.45, 7) is 3.71. The summed E-state index contributed by atoms with van der Waals surface area (Å²) in [7, 11) is 0. The van der Waals surface area contributed by atoms with E-state index in [2.05, 4.69) is 5.10 Å². The van der Waals surface area contributed by atoms with E-state index in [9.17, 15) is 14.4 Å². The molecule has 2 amide bonds. The van der Waals surface area contributed by atoms with Gasteiger partial charge in [-0.05, 0) is 31.2 Å². The third-order valence-corrected chi connectivity index (χ3v) is 4.95. The van der Waals surface area contributed by atoms with Crippen molar-refractivity contribution in [1.29, 1.82) is 0 Å². The van der Waals surface area contributed by atoms with Gasteiger partial charge in [0.05, 0.1) is 10.6 Å². The van der Waals surface area contributed by atoms with Crippen molar-refractivity contribution in [2.75, 3.05) is 26.2 Å². The van der Waals surface area contributed by atoms with E-state index in [1.54, 1.807) is 28.9 Å². The van der Waals surface area contributed by atoms with Gasteiger partial charge in [0.2, 0.25) is 0 Å². The number of aromatic nitrogens is 2. The first-order valence-corrected chi connectivity index (χ1v) is 9.28. The third-order valence-electron chi connectivity index (χ3n) is 4.40. The quantitative estimate of drug-likeness (QED) is 0.779. The maximum atomic E-state index is 12.6. The van der Waals surface area contributed by atoms with Crippen molar-refractivity contribution in [2.24, 2.45) is 0 Å². The summed E-state index contributed by atoms with van der Waals surface area (Å²) >= 11 is 12.0. The number of piperazine rings is 1. The Kier molecular flexibility index (Phi) is 5.82. The van der Waals surface area contributed by atoms with Gasteiger partial charge < -0.3 is 9.80 Å². The van der Waals surface area contributed by atoms with Crippen LogP contribution in [0, 0.1) is 0 Å². The molecule has 3 rings (SSSR count). The van der Waals surface area contributed by atoms with Crippen LogP contribution in [-0.2, 0) is 6.54 Å². The number of amides is 2. The fourth-order valence-electron chi connectivity index (χ4n) is 2.90. The molecule has 2 heterocycles. The Hall–Kier alpha value is -2.38. The lowest BCUT2D eigenvalue weighted by molar-refractivity contribution is 0.0531. The molecule has 9 heteroatoms.